The molecule has 0 amide bonds. The molecule has 0 bridgehead atoms. The molecular formula is C25H33BrClNO3S. The van der Waals surface area contributed by atoms with Crippen LogP contribution >= 0.6 is 39.3 Å². The lowest BCUT2D eigenvalue weighted by Crippen LogP contribution is -2.33. The zero-order valence-electron chi connectivity index (χ0n) is 18.9. The molecule has 0 spiro atoms. The molecule has 0 radical (unpaired) electrons. The van der Waals surface area contributed by atoms with Crippen LogP contribution < -0.4 is 9.47 Å². The van der Waals surface area contributed by atoms with Crippen LogP contribution in [0.1, 0.15) is 31.4 Å². The van der Waals surface area contributed by atoms with Gasteiger partial charge in [0.1, 0.15) is 24.2 Å². The van der Waals surface area contributed by atoms with Crippen LogP contribution in [0.4, 0.5) is 0 Å². The lowest BCUT2D eigenvalue weighted by molar-refractivity contribution is 0.125. The molecule has 3 rings (SSSR count). The minimum absolute atomic E-state index is 0.153. The third-order valence-electron chi connectivity index (χ3n) is 5.83. The second-order valence-corrected chi connectivity index (χ2v) is 11.0. The van der Waals surface area contributed by atoms with E-state index < -0.39 is 6.10 Å². The molecule has 4 nitrogen and oxygen atoms in total. The second kappa shape index (κ2) is 12.5. The van der Waals surface area contributed by atoms with Gasteiger partial charge in [-0.15, -0.1) is 11.6 Å². The number of benzene rings is 2. The van der Waals surface area contributed by atoms with Crippen molar-refractivity contribution in [1.82, 2.24) is 4.90 Å². The number of ether oxygens (including phenoxy) is 2. The van der Waals surface area contributed by atoms with Crippen molar-refractivity contribution in [3.05, 3.63) is 58.1 Å². The predicted molar refractivity (Wildman–Crippen MR) is 139 cm³/mol. The molecule has 7 heteroatoms. The molecule has 1 N–H and O–H groups in total. The van der Waals surface area contributed by atoms with E-state index >= 15 is 0 Å². The van der Waals surface area contributed by atoms with E-state index in [9.17, 15) is 5.11 Å². The van der Waals surface area contributed by atoms with Gasteiger partial charge in [-0.1, -0.05) is 32.0 Å². The molecule has 0 saturated carbocycles. The summed E-state index contributed by atoms with van der Waals surface area (Å²) >= 11 is 11.3. The number of hydrogen-bond donors (Lipinski definition) is 1. The Labute approximate surface area is 209 Å². The molecule has 0 aromatic heterocycles. The van der Waals surface area contributed by atoms with Gasteiger partial charge >= 0.3 is 0 Å². The monoisotopic (exact) mass is 541 g/mol. The number of aliphatic hydroxyl groups excluding tert-OH is 1. The zero-order valence-corrected chi connectivity index (χ0v) is 22.0. The Balaban J connectivity index is 1.55. The Morgan fingerprint density at radius 1 is 1.09 bits per heavy atom. The van der Waals surface area contributed by atoms with Gasteiger partial charge in [0.2, 0.25) is 0 Å². The Kier molecular flexibility index (Phi) is 10.1. The van der Waals surface area contributed by atoms with E-state index in [4.69, 9.17) is 21.1 Å². The topological polar surface area (TPSA) is 41.9 Å². The molecule has 1 aliphatic rings. The fourth-order valence-electron chi connectivity index (χ4n) is 3.67. The van der Waals surface area contributed by atoms with Gasteiger partial charge in [0.15, 0.2) is 0 Å². The van der Waals surface area contributed by atoms with Crippen molar-refractivity contribution in [1.29, 1.82) is 0 Å². The maximum Gasteiger partial charge on any atom is 0.133 e. The van der Waals surface area contributed by atoms with Crippen molar-refractivity contribution in [2.45, 2.75) is 31.8 Å². The van der Waals surface area contributed by atoms with Gasteiger partial charge in [-0.25, -0.2) is 0 Å². The normalized spacial score (nSPS) is 16.0. The molecular weight excluding hydrogens is 510 g/mol. The molecule has 1 heterocycles. The first-order valence-corrected chi connectivity index (χ1v) is 13.6. The zero-order chi connectivity index (χ0) is 23.0. The lowest BCUT2D eigenvalue weighted by atomic mass is 9.78. The van der Waals surface area contributed by atoms with Crippen LogP contribution in [0.3, 0.4) is 0 Å². The summed E-state index contributed by atoms with van der Waals surface area (Å²) < 4.78 is 12.5. The second-order valence-electron chi connectivity index (χ2n) is 8.57. The van der Waals surface area contributed by atoms with Crippen molar-refractivity contribution >= 4 is 39.3 Å². The van der Waals surface area contributed by atoms with Crippen molar-refractivity contribution < 1.29 is 14.6 Å². The minimum Gasteiger partial charge on any atom is -0.494 e. The highest BCUT2D eigenvalue weighted by Crippen LogP contribution is 2.36. The molecule has 2 aromatic rings. The van der Waals surface area contributed by atoms with Crippen LogP contribution in [0.25, 0.3) is 0 Å². The Morgan fingerprint density at radius 3 is 2.44 bits per heavy atom. The van der Waals surface area contributed by atoms with Gasteiger partial charge in [0.25, 0.3) is 0 Å². The van der Waals surface area contributed by atoms with Gasteiger partial charge in [0, 0.05) is 36.6 Å². The highest BCUT2D eigenvalue weighted by atomic mass is 79.9. The molecule has 0 unspecified atom stereocenters. The highest BCUT2D eigenvalue weighted by molar-refractivity contribution is 9.10. The molecule has 1 aliphatic heterocycles. The SMILES string of the molecule is CC(C)(c1ccc(OCCCN2CCSCC2)cc1)c1ccc(OC[C@H](O)CCl)c(Br)c1. The Hall–Kier alpha value is -0.920. The number of halogens is 2. The van der Waals surface area contributed by atoms with E-state index in [2.05, 4.69) is 71.1 Å². The molecule has 1 saturated heterocycles. The number of alkyl halides is 1. The van der Waals surface area contributed by atoms with E-state index in [1.807, 2.05) is 17.8 Å². The Morgan fingerprint density at radius 2 is 1.78 bits per heavy atom. The number of aliphatic hydroxyl groups is 1. The summed E-state index contributed by atoms with van der Waals surface area (Å²) in [6.07, 6.45) is 0.381. The first-order valence-electron chi connectivity index (χ1n) is 11.1. The van der Waals surface area contributed by atoms with E-state index in [0.29, 0.717) is 5.75 Å². The van der Waals surface area contributed by atoms with Crippen LogP contribution in [0.2, 0.25) is 0 Å². The third kappa shape index (κ3) is 7.29. The third-order valence-corrected chi connectivity index (χ3v) is 7.75. The van der Waals surface area contributed by atoms with E-state index in [0.717, 1.165) is 29.8 Å². The van der Waals surface area contributed by atoms with Gasteiger partial charge in [-0.05, 0) is 57.7 Å². The summed E-state index contributed by atoms with van der Waals surface area (Å²) in [5.41, 5.74) is 2.21. The molecule has 32 heavy (non-hydrogen) atoms. The molecule has 1 atom stereocenters. The molecule has 0 aliphatic carbocycles. The number of thioether (sulfide) groups is 1. The summed E-state index contributed by atoms with van der Waals surface area (Å²) in [7, 11) is 0. The van der Waals surface area contributed by atoms with E-state index in [1.54, 1.807) is 0 Å². The smallest absolute Gasteiger partial charge is 0.133 e. The van der Waals surface area contributed by atoms with Crippen molar-refractivity contribution in [2.24, 2.45) is 0 Å². The highest BCUT2D eigenvalue weighted by Gasteiger charge is 2.24. The largest absolute Gasteiger partial charge is 0.494 e. The van der Waals surface area contributed by atoms with Crippen LogP contribution in [0, 0.1) is 0 Å². The number of rotatable bonds is 11. The average molecular weight is 543 g/mol. The molecule has 2 aromatic carbocycles. The molecule has 176 valence electrons. The van der Waals surface area contributed by atoms with Crippen molar-refractivity contribution in [3.63, 3.8) is 0 Å². The fraction of sp³-hybridized carbons (Fsp3) is 0.520. The number of nitrogens with zero attached hydrogens (tertiary/aromatic N) is 1. The maximum atomic E-state index is 9.61. The van der Waals surface area contributed by atoms with Crippen molar-refractivity contribution in [2.75, 3.05) is 50.2 Å². The first kappa shape index (κ1) is 25.7. The Bertz CT molecular complexity index is 844. The van der Waals surface area contributed by atoms with Crippen LogP contribution in [-0.2, 0) is 5.41 Å². The van der Waals surface area contributed by atoms with E-state index in [-0.39, 0.29) is 17.9 Å². The fourth-order valence-corrected chi connectivity index (χ4v) is 5.24. The average Bonchev–Trinajstić information content (AvgIpc) is 2.81. The first-order chi connectivity index (χ1) is 15.4. The summed E-state index contributed by atoms with van der Waals surface area (Å²) in [5, 5.41) is 9.61. The predicted octanol–water partition coefficient (Wildman–Crippen LogP) is 5.57. The van der Waals surface area contributed by atoms with Crippen LogP contribution in [-0.4, -0.2) is 66.3 Å². The van der Waals surface area contributed by atoms with Crippen LogP contribution in [0.15, 0.2) is 46.9 Å². The summed E-state index contributed by atoms with van der Waals surface area (Å²) in [6, 6.07) is 14.5. The standard InChI is InChI=1S/C25H33BrClNO3S/c1-25(2,20-6-9-24(23(26)16-20)31-18-21(29)17-27)19-4-7-22(8-5-19)30-13-3-10-28-11-14-32-15-12-28/h4-9,16,21,29H,3,10-15,17-18H2,1-2H3/t21-/m1/s1. The van der Waals surface area contributed by atoms with Crippen molar-refractivity contribution in [3.8, 4) is 11.5 Å². The van der Waals surface area contributed by atoms with Gasteiger partial charge < -0.3 is 19.5 Å². The molecule has 1 fully saturated rings. The van der Waals surface area contributed by atoms with Crippen LogP contribution in [0.5, 0.6) is 11.5 Å². The number of hydrogen-bond acceptors (Lipinski definition) is 5. The van der Waals surface area contributed by atoms with Gasteiger partial charge in [-0.3, -0.25) is 0 Å². The quantitative estimate of drug-likeness (QED) is 0.297. The summed E-state index contributed by atoms with van der Waals surface area (Å²) in [5.74, 6) is 4.27. The van der Waals surface area contributed by atoms with Gasteiger partial charge in [-0.2, -0.15) is 11.8 Å². The summed E-state index contributed by atoms with van der Waals surface area (Å²) in [4.78, 5) is 2.53. The minimum atomic E-state index is -0.677. The van der Waals surface area contributed by atoms with Gasteiger partial charge in [0.05, 0.1) is 17.0 Å². The summed E-state index contributed by atoms with van der Waals surface area (Å²) in [6.45, 7) is 8.85. The lowest BCUT2D eigenvalue weighted by Gasteiger charge is -2.27. The van der Waals surface area contributed by atoms with E-state index in [1.165, 1.54) is 35.7 Å². The maximum absolute atomic E-state index is 9.61.